The van der Waals surface area contributed by atoms with Gasteiger partial charge in [-0.3, -0.25) is 0 Å². The van der Waals surface area contributed by atoms with Crippen LogP contribution in [0.3, 0.4) is 0 Å². The summed E-state index contributed by atoms with van der Waals surface area (Å²) in [4.78, 5) is 0. The lowest BCUT2D eigenvalue weighted by atomic mass is 9.92. The maximum atomic E-state index is 6.71. The predicted molar refractivity (Wildman–Crippen MR) is 131 cm³/mol. The molecule has 0 saturated carbocycles. The van der Waals surface area contributed by atoms with Crippen molar-refractivity contribution in [2.75, 3.05) is 0 Å². The van der Waals surface area contributed by atoms with E-state index in [2.05, 4.69) is 109 Å². The molecule has 0 fully saturated rings. The highest BCUT2D eigenvalue weighted by atomic mass is 79.9. The van der Waals surface area contributed by atoms with E-state index >= 15 is 0 Å². The van der Waals surface area contributed by atoms with E-state index in [-0.39, 0.29) is 0 Å². The van der Waals surface area contributed by atoms with E-state index in [0.29, 0.717) is 0 Å². The smallest absolute Gasteiger partial charge is 0.150 e. The first-order valence-electron chi connectivity index (χ1n) is 10.2. The minimum atomic E-state index is 0.902. The molecule has 2 heteroatoms. The summed E-state index contributed by atoms with van der Waals surface area (Å²) in [6.07, 6.45) is 0. The third kappa shape index (κ3) is 2.41. The van der Waals surface area contributed by atoms with Gasteiger partial charge < -0.3 is 4.42 Å². The van der Waals surface area contributed by atoms with Gasteiger partial charge in [0.05, 0.1) is 4.47 Å². The first kappa shape index (κ1) is 17.7. The molecule has 0 aliphatic carbocycles. The van der Waals surface area contributed by atoms with E-state index < -0.39 is 0 Å². The van der Waals surface area contributed by atoms with Crippen molar-refractivity contribution in [2.45, 2.75) is 13.8 Å². The van der Waals surface area contributed by atoms with E-state index in [9.17, 15) is 0 Å². The van der Waals surface area contributed by atoms with E-state index in [1.807, 2.05) is 0 Å². The second kappa shape index (κ2) is 6.45. The normalized spacial score (nSPS) is 11.8. The number of fused-ring (bicyclic) bond motifs is 1. The van der Waals surface area contributed by atoms with Crippen molar-refractivity contribution in [3.8, 4) is 11.1 Å². The van der Waals surface area contributed by atoms with Gasteiger partial charge in [-0.1, -0.05) is 66.7 Å². The highest BCUT2D eigenvalue weighted by Crippen LogP contribution is 2.43. The third-order valence-corrected chi connectivity index (χ3v) is 6.75. The topological polar surface area (TPSA) is 13.1 Å². The van der Waals surface area contributed by atoms with Gasteiger partial charge in [-0.05, 0) is 85.7 Å². The largest absolute Gasteiger partial charge is 0.455 e. The zero-order chi connectivity index (χ0) is 20.4. The van der Waals surface area contributed by atoms with Crippen molar-refractivity contribution in [3.05, 3.63) is 94.5 Å². The third-order valence-electron chi connectivity index (χ3n) is 6.16. The summed E-state index contributed by atoms with van der Waals surface area (Å²) in [5, 5.41) is 7.26. The van der Waals surface area contributed by atoms with E-state index in [4.69, 9.17) is 4.42 Å². The maximum absolute atomic E-state index is 6.71. The molecular weight excluding hydrogens is 432 g/mol. The lowest BCUT2D eigenvalue weighted by Crippen LogP contribution is -1.86. The second-order valence-electron chi connectivity index (χ2n) is 8.00. The zero-order valence-electron chi connectivity index (χ0n) is 16.8. The van der Waals surface area contributed by atoms with Crippen molar-refractivity contribution in [1.29, 1.82) is 0 Å². The van der Waals surface area contributed by atoms with E-state index in [1.54, 1.807) is 0 Å². The van der Waals surface area contributed by atoms with Gasteiger partial charge in [0.1, 0.15) is 11.2 Å². The molecule has 0 aliphatic heterocycles. The molecule has 1 nitrogen and oxygen atoms in total. The van der Waals surface area contributed by atoms with Crippen LogP contribution in [0.1, 0.15) is 11.1 Å². The predicted octanol–water partition coefficient (Wildman–Crippen LogP) is 8.94. The lowest BCUT2D eigenvalue weighted by Gasteiger charge is -2.11. The van der Waals surface area contributed by atoms with Crippen LogP contribution in [0.4, 0.5) is 0 Å². The van der Waals surface area contributed by atoms with Gasteiger partial charge in [-0.2, -0.15) is 0 Å². The van der Waals surface area contributed by atoms with Gasteiger partial charge >= 0.3 is 0 Å². The number of aryl methyl sites for hydroxylation is 2. The molecule has 0 amide bonds. The maximum Gasteiger partial charge on any atom is 0.150 e. The molecular formula is C28H19BrO. The van der Waals surface area contributed by atoms with Crippen molar-refractivity contribution in [1.82, 2.24) is 0 Å². The van der Waals surface area contributed by atoms with Gasteiger partial charge in [-0.25, -0.2) is 0 Å². The summed E-state index contributed by atoms with van der Waals surface area (Å²) >= 11 is 3.77. The first-order chi connectivity index (χ1) is 14.6. The van der Waals surface area contributed by atoms with Crippen LogP contribution in [0.5, 0.6) is 0 Å². The molecule has 0 radical (unpaired) electrons. The second-order valence-corrected chi connectivity index (χ2v) is 8.85. The molecule has 0 N–H and O–H groups in total. The summed E-state index contributed by atoms with van der Waals surface area (Å²) in [5.74, 6) is 0. The Morgan fingerprint density at radius 1 is 0.600 bits per heavy atom. The molecule has 0 saturated heterocycles. The van der Waals surface area contributed by atoms with Crippen LogP contribution in [-0.2, 0) is 0 Å². The van der Waals surface area contributed by atoms with Gasteiger partial charge in [-0.15, -0.1) is 0 Å². The summed E-state index contributed by atoms with van der Waals surface area (Å²) in [6.45, 7) is 4.30. The molecule has 0 atom stereocenters. The molecule has 5 aromatic carbocycles. The van der Waals surface area contributed by atoms with Gasteiger partial charge in [0.25, 0.3) is 0 Å². The fourth-order valence-corrected chi connectivity index (χ4v) is 5.42. The van der Waals surface area contributed by atoms with E-state index in [0.717, 1.165) is 21.2 Å². The Kier molecular flexibility index (Phi) is 3.81. The highest BCUT2D eigenvalue weighted by Gasteiger charge is 2.17. The fraction of sp³-hybridized carbons (Fsp3) is 0.0714. The van der Waals surface area contributed by atoms with Crippen LogP contribution in [0.2, 0.25) is 0 Å². The fourth-order valence-electron chi connectivity index (χ4n) is 4.80. The van der Waals surface area contributed by atoms with Crippen LogP contribution in [-0.4, -0.2) is 0 Å². The summed E-state index contributed by atoms with van der Waals surface area (Å²) in [6, 6.07) is 28.2. The molecule has 6 aromatic rings. The summed E-state index contributed by atoms with van der Waals surface area (Å²) < 4.78 is 7.70. The standard InChI is InChI=1S/C28H19BrO/c1-16-15-24(29)28-25-19(16)10-6-11-20(25)21-12-7-13-22-23(18-8-4-3-5-9-18)14-17(2)27(30-28)26(21)22/h3-15H,1-2H3. The average molecular weight is 451 g/mol. The Labute approximate surface area is 183 Å². The van der Waals surface area contributed by atoms with Crippen LogP contribution in [0.25, 0.3) is 54.6 Å². The van der Waals surface area contributed by atoms with Gasteiger partial charge in [0, 0.05) is 10.8 Å². The SMILES string of the molecule is Cc1cc(Br)c2oc3c(C)cc(-c4ccccc4)c4cccc(c5cccc1c25)c43. The summed E-state index contributed by atoms with van der Waals surface area (Å²) in [5.41, 5.74) is 6.70. The molecule has 1 heterocycles. The molecule has 0 spiro atoms. The van der Waals surface area contributed by atoms with Crippen molar-refractivity contribution >= 4 is 59.4 Å². The lowest BCUT2D eigenvalue weighted by molar-refractivity contribution is 0.659. The van der Waals surface area contributed by atoms with Crippen LogP contribution >= 0.6 is 15.9 Å². The van der Waals surface area contributed by atoms with Crippen molar-refractivity contribution in [3.63, 3.8) is 0 Å². The molecule has 30 heavy (non-hydrogen) atoms. The minimum absolute atomic E-state index is 0.902. The Morgan fingerprint density at radius 2 is 1.23 bits per heavy atom. The molecule has 0 unspecified atom stereocenters. The molecule has 144 valence electrons. The Morgan fingerprint density at radius 3 is 1.97 bits per heavy atom. The quantitative estimate of drug-likeness (QED) is 0.243. The summed E-state index contributed by atoms with van der Waals surface area (Å²) in [7, 11) is 0. The highest BCUT2D eigenvalue weighted by molar-refractivity contribution is 9.10. The van der Waals surface area contributed by atoms with Crippen LogP contribution in [0.15, 0.2) is 87.8 Å². The van der Waals surface area contributed by atoms with Crippen molar-refractivity contribution in [2.24, 2.45) is 0 Å². The minimum Gasteiger partial charge on any atom is -0.455 e. The Balaban J connectivity index is 1.96. The van der Waals surface area contributed by atoms with Gasteiger partial charge in [0.15, 0.2) is 0 Å². The van der Waals surface area contributed by atoms with Gasteiger partial charge in [0.2, 0.25) is 0 Å². The Bertz CT molecular complexity index is 1610. The molecule has 1 aromatic heterocycles. The number of hydrogen-bond donors (Lipinski definition) is 0. The van der Waals surface area contributed by atoms with Crippen molar-refractivity contribution < 1.29 is 4.42 Å². The Hall–Kier alpha value is -3.10. The monoisotopic (exact) mass is 450 g/mol. The number of benzene rings is 5. The average Bonchev–Trinajstić information content (AvgIpc) is 2.92. The van der Waals surface area contributed by atoms with Crippen LogP contribution in [0, 0.1) is 13.8 Å². The number of rotatable bonds is 1. The molecule has 0 bridgehead atoms. The molecule has 6 rings (SSSR count). The van der Waals surface area contributed by atoms with E-state index in [1.165, 1.54) is 49.0 Å². The zero-order valence-corrected chi connectivity index (χ0v) is 18.4. The number of hydrogen-bond acceptors (Lipinski definition) is 1. The first-order valence-corrected chi connectivity index (χ1v) is 10.9. The molecule has 0 aliphatic rings. The van der Waals surface area contributed by atoms with Crippen LogP contribution < -0.4 is 0 Å². The number of halogens is 1.